The van der Waals surface area contributed by atoms with E-state index < -0.39 is 29.7 Å². The number of aromatic amines is 1. The largest absolute Gasteiger partial charge is 0.480 e. The van der Waals surface area contributed by atoms with Crippen molar-refractivity contribution < 1.29 is 29.5 Å². The fourth-order valence-corrected chi connectivity index (χ4v) is 3.82. The summed E-state index contributed by atoms with van der Waals surface area (Å²) in [7, 11) is 0. The van der Waals surface area contributed by atoms with Crippen molar-refractivity contribution in [2.75, 3.05) is 0 Å². The fraction of sp³-hybridized carbons (Fsp3) is 0.167. The van der Waals surface area contributed by atoms with Crippen molar-refractivity contribution >= 4 is 34.6 Å². The first-order valence-corrected chi connectivity index (χ1v) is 10.1. The van der Waals surface area contributed by atoms with Crippen LogP contribution in [0.3, 0.4) is 0 Å². The van der Waals surface area contributed by atoms with E-state index >= 15 is 0 Å². The Hall–Kier alpha value is -4.42. The van der Waals surface area contributed by atoms with Gasteiger partial charge in [-0.2, -0.15) is 0 Å². The van der Waals surface area contributed by atoms with E-state index in [0.717, 1.165) is 15.8 Å². The van der Waals surface area contributed by atoms with Gasteiger partial charge in [0.2, 0.25) is 5.91 Å². The van der Waals surface area contributed by atoms with Gasteiger partial charge in [0.15, 0.2) is 0 Å². The van der Waals surface area contributed by atoms with Crippen LogP contribution < -0.4 is 5.48 Å². The van der Waals surface area contributed by atoms with E-state index in [0.29, 0.717) is 11.1 Å². The topological polar surface area (TPSA) is 140 Å². The molecule has 33 heavy (non-hydrogen) atoms. The zero-order valence-corrected chi connectivity index (χ0v) is 17.3. The Labute approximate surface area is 188 Å². The number of carbonyl (C=O) groups is 4. The van der Waals surface area contributed by atoms with Crippen molar-refractivity contribution in [1.29, 1.82) is 0 Å². The number of carboxylic acid groups (broad SMARTS) is 1. The first-order valence-electron chi connectivity index (χ1n) is 10.1. The number of aromatic nitrogens is 1. The minimum absolute atomic E-state index is 0.0535. The van der Waals surface area contributed by atoms with Crippen molar-refractivity contribution in [1.82, 2.24) is 15.4 Å². The summed E-state index contributed by atoms with van der Waals surface area (Å²) in [5, 5.41) is 19.1. The van der Waals surface area contributed by atoms with Gasteiger partial charge in [-0.15, -0.1) is 0 Å². The van der Waals surface area contributed by atoms with Crippen LogP contribution in [-0.2, 0) is 16.0 Å². The monoisotopic (exact) mass is 445 g/mol. The third-order valence-corrected chi connectivity index (χ3v) is 5.44. The molecule has 0 spiro atoms. The third kappa shape index (κ3) is 4.20. The van der Waals surface area contributed by atoms with Gasteiger partial charge in [0.1, 0.15) is 6.04 Å². The molecule has 0 saturated carbocycles. The van der Waals surface area contributed by atoms with Crippen LogP contribution in [0.4, 0.5) is 0 Å². The number of benzene rings is 2. The van der Waals surface area contributed by atoms with Gasteiger partial charge in [0.25, 0.3) is 11.8 Å². The number of rotatable bonds is 6. The average molecular weight is 445 g/mol. The number of hydrogen-bond donors (Lipinski definition) is 4. The van der Waals surface area contributed by atoms with Gasteiger partial charge in [0, 0.05) is 41.9 Å². The summed E-state index contributed by atoms with van der Waals surface area (Å²) >= 11 is 0. The predicted molar refractivity (Wildman–Crippen MR) is 116 cm³/mol. The number of fused-ring (bicyclic) bond motifs is 2. The number of nitrogens with zero attached hydrogens (tertiary/aromatic N) is 1. The van der Waals surface area contributed by atoms with E-state index in [4.69, 9.17) is 5.21 Å². The van der Waals surface area contributed by atoms with Crippen LogP contribution in [0.15, 0.2) is 48.7 Å². The lowest BCUT2D eigenvalue weighted by Crippen LogP contribution is -2.46. The highest BCUT2D eigenvalue weighted by molar-refractivity contribution is 6.22. The van der Waals surface area contributed by atoms with Gasteiger partial charge in [-0.3, -0.25) is 24.5 Å². The van der Waals surface area contributed by atoms with Crippen molar-refractivity contribution in [2.24, 2.45) is 0 Å². The molecule has 1 atom stereocenters. The van der Waals surface area contributed by atoms with Crippen LogP contribution in [0.25, 0.3) is 10.9 Å². The molecule has 166 valence electrons. The van der Waals surface area contributed by atoms with E-state index in [1.54, 1.807) is 42.0 Å². The second-order valence-corrected chi connectivity index (χ2v) is 7.50. The molecule has 2 aromatic carbocycles. The molecule has 4 N–H and O–H groups in total. The summed E-state index contributed by atoms with van der Waals surface area (Å²) < 4.78 is 0. The number of hydrogen-bond acceptors (Lipinski definition) is 5. The minimum atomic E-state index is -1.35. The molecule has 0 bridgehead atoms. The second kappa shape index (κ2) is 8.98. The van der Waals surface area contributed by atoms with E-state index in [2.05, 4.69) is 16.8 Å². The zero-order valence-electron chi connectivity index (χ0n) is 17.3. The van der Waals surface area contributed by atoms with Crippen LogP contribution in [0.5, 0.6) is 0 Å². The van der Waals surface area contributed by atoms with E-state index in [1.165, 1.54) is 12.1 Å². The fourth-order valence-electron chi connectivity index (χ4n) is 3.82. The summed E-state index contributed by atoms with van der Waals surface area (Å²) in [6, 6.07) is 10.3. The minimum Gasteiger partial charge on any atom is -0.480 e. The number of hydroxylamine groups is 1. The van der Waals surface area contributed by atoms with Gasteiger partial charge >= 0.3 is 5.97 Å². The second-order valence-electron chi connectivity index (χ2n) is 7.50. The number of carbonyl (C=O) groups excluding carboxylic acids is 3. The maximum atomic E-state index is 12.8. The average Bonchev–Trinajstić information content (AvgIpc) is 3.33. The molecule has 0 saturated heterocycles. The molecule has 0 aliphatic carbocycles. The first-order chi connectivity index (χ1) is 15.9. The van der Waals surface area contributed by atoms with E-state index in [-0.39, 0.29) is 30.4 Å². The van der Waals surface area contributed by atoms with Crippen molar-refractivity contribution in [3.05, 3.63) is 70.9 Å². The number of carboxylic acids is 1. The SMILES string of the molecule is O=C(CCC#Cc1ccc2c(CC(C(=O)O)N3C(=O)c4ccccc4C3=O)c[nH]c2c1)NO. The Morgan fingerprint density at radius 2 is 1.79 bits per heavy atom. The van der Waals surface area contributed by atoms with Crippen LogP contribution in [0.2, 0.25) is 0 Å². The first kappa shape index (κ1) is 21.8. The van der Waals surface area contributed by atoms with Crippen LogP contribution in [0.1, 0.15) is 44.7 Å². The highest BCUT2D eigenvalue weighted by Gasteiger charge is 2.42. The van der Waals surface area contributed by atoms with Gasteiger partial charge < -0.3 is 10.1 Å². The van der Waals surface area contributed by atoms with Gasteiger partial charge in [-0.05, 0) is 29.8 Å². The normalized spacial score (nSPS) is 13.4. The third-order valence-electron chi connectivity index (χ3n) is 5.44. The van der Waals surface area contributed by atoms with Crippen LogP contribution in [0, 0.1) is 11.8 Å². The smallest absolute Gasteiger partial charge is 0.327 e. The highest BCUT2D eigenvalue weighted by atomic mass is 16.5. The standard InChI is InChI=1S/C24H19N3O6/c28-21(26-33)8-4-1-5-14-9-10-16-15(13-25-19(16)11-14)12-20(24(31)32)27-22(29)17-6-2-3-7-18(17)23(27)30/h2-3,6-7,9-11,13,20,25,33H,4,8,12H2,(H,26,28)(H,31,32). The lowest BCUT2D eigenvalue weighted by atomic mass is 10.0. The molecule has 3 amide bonds. The predicted octanol–water partition coefficient (Wildman–Crippen LogP) is 2.10. The summed E-state index contributed by atoms with van der Waals surface area (Å²) in [4.78, 5) is 52.5. The van der Waals surface area contributed by atoms with E-state index in [9.17, 15) is 24.3 Å². The molecule has 1 aliphatic heterocycles. The number of amides is 3. The lowest BCUT2D eigenvalue weighted by molar-refractivity contribution is -0.141. The van der Waals surface area contributed by atoms with Gasteiger partial charge in [-0.1, -0.05) is 30.0 Å². The maximum Gasteiger partial charge on any atom is 0.327 e. The number of aliphatic carboxylic acids is 1. The Kier molecular flexibility index (Phi) is 5.93. The number of nitrogens with one attached hydrogen (secondary N) is 2. The zero-order chi connectivity index (χ0) is 23.5. The van der Waals surface area contributed by atoms with Gasteiger partial charge in [-0.25, -0.2) is 10.3 Å². The highest BCUT2D eigenvalue weighted by Crippen LogP contribution is 2.28. The van der Waals surface area contributed by atoms with Crippen molar-refractivity contribution in [3.8, 4) is 11.8 Å². The summed E-state index contributed by atoms with van der Waals surface area (Å²) in [5.41, 5.74) is 4.00. The molecule has 0 fully saturated rings. The molecule has 1 unspecified atom stereocenters. The summed E-state index contributed by atoms with van der Waals surface area (Å²) in [6.45, 7) is 0. The van der Waals surface area contributed by atoms with Gasteiger partial charge in [0.05, 0.1) is 11.1 Å². The molecule has 9 nitrogen and oxygen atoms in total. The van der Waals surface area contributed by atoms with Crippen LogP contribution >= 0.6 is 0 Å². The van der Waals surface area contributed by atoms with Crippen LogP contribution in [-0.4, -0.2) is 49.9 Å². The molecular weight excluding hydrogens is 426 g/mol. The number of imide groups is 1. The molecule has 4 rings (SSSR count). The maximum absolute atomic E-state index is 12.8. The summed E-state index contributed by atoms with van der Waals surface area (Å²) in [6.07, 6.45) is 1.96. The number of H-pyrrole nitrogens is 1. The lowest BCUT2D eigenvalue weighted by Gasteiger charge is -2.22. The molecule has 2 heterocycles. The van der Waals surface area contributed by atoms with Crippen molar-refractivity contribution in [3.63, 3.8) is 0 Å². The Morgan fingerprint density at radius 3 is 2.42 bits per heavy atom. The molecule has 1 aromatic heterocycles. The quantitative estimate of drug-likeness (QED) is 0.198. The molecule has 9 heteroatoms. The van der Waals surface area contributed by atoms with Crippen molar-refractivity contribution in [2.45, 2.75) is 25.3 Å². The Morgan fingerprint density at radius 1 is 1.09 bits per heavy atom. The molecular formula is C24H19N3O6. The Bertz CT molecular complexity index is 1310. The van der Waals surface area contributed by atoms with E-state index in [1.807, 2.05) is 0 Å². The molecule has 1 aliphatic rings. The Balaban J connectivity index is 1.56. The molecule has 0 radical (unpaired) electrons. The molecule has 3 aromatic rings. The summed E-state index contributed by atoms with van der Waals surface area (Å²) in [5.74, 6) is 2.76.